The number of aliphatic hydroxyl groups excluding tert-OH is 1. The Kier molecular flexibility index (Phi) is 4.56. The second kappa shape index (κ2) is 5.51. The van der Waals surface area contributed by atoms with E-state index in [0.29, 0.717) is 11.6 Å². The minimum absolute atomic E-state index is 0.133. The van der Waals surface area contributed by atoms with Gasteiger partial charge in [-0.15, -0.1) is 0 Å². The van der Waals surface area contributed by atoms with Crippen molar-refractivity contribution in [3.63, 3.8) is 0 Å². The van der Waals surface area contributed by atoms with E-state index in [1.807, 2.05) is 0 Å². The number of hydrogen-bond acceptors (Lipinski definition) is 3. The molecule has 1 rings (SSSR count). The van der Waals surface area contributed by atoms with Crippen LogP contribution in [0.1, 0.15) is 27.2 Å². The molecule has 0 saturated carbocycles. The molecule has 1 heterocycles. The zero-order chi connectivity index (χ0) is 12.2. The van der Waals surface area contributed by atoms with E-state index in [9.17, 15) is 5.11 Å². The molecule has 90 valence electrons. The predicted molar refractivity (Wildman–Crippen MR) is 67.8 cm³/mol. The van der Waals surface area contributed by atoms with E-state index in [2.05, 4.69) is 31.1 Å². The summed E-state index contributed by atoms with van der Waals surface area (Å²) in [7, 11) is 0. The third-order valence-electron chi connectivity index (χ3n) is 2.09. The molecule has 16 heavy (non-hydrogen) atoms. The van der Waals surface area contributed by atoms with Crippen LogP contribution in [0.5, 0.6) is 0 Å². The lowest BCUT2D eigenvalue weighted by Gasteiger charge is -2.22. The van der Waals surface area contributed by atoms with E-state index in [-0.39, 0.29) is 11.5 Å². The molecule has 0 aliphatic carbocycles. The van der Waals surface area contributed by atoms with Crippen LogP contribution in [0.4, 0.5) is 5.82 Å². The van der Waals surface area contributed by atoms with Gasteiger partial charge < -0.3 is 10.4 Å². The van der Waals surface area contributed by atoms with Crippen LogP contribution in [0, 0.1) is 5.41 Å². The van der Waals surface area contributed by atoms with Crippen molar-refractivity contribution in [2.75, 3.05) is 11.9 Å². The molecule has 0 fully saturated rings. The molecule has 1 aromatic rings. The van der Waals surface area contributed by atoms with Gasteiger partial charge in [-0.05, 0) is 24.0 Å². The van der Waals surface area contributed by atoms with Crippen LogP contribution in [-0.4, -0.2) is 22.7 Å². The molecule has 0 bridgehead atoms. The van der Waals surface area contributed by atoms with E-state index in [4.69, 9.17) is 11.6 Å². The summed E-state index contributed by atoms with van der Waals surface area (Å²) in [5.41, 5.74) is 0.133. The van der Waals surface area contributed by atoms with Gasteiger partial charge in [-0.1, -0.05) is 32.4 Å². The van der Waals surface area contributed by atoms with Crippen molar-refractivity contribution >= 4 is 17.4 Å². The Morgan fingerprint density at radius 1 is 1.44 bits per heavy atom. The van der Waals surface area contributed by atoms with Crippen molar-refractivity contribution in [3.8, 4) is 0 Å². The molecule has 0 saturated heterocycles. The minimum atomic E-state index is -0.363. The number of pyridine rings is 1. The first-order valence-corrected chi connectivity index (χ1v) is 5.78. The molecule has 3 nitrogen and oxygen atoms in total. The number of nitrogens with one attached hydrogen (secondary N) is 1. The van der Waals surface area contributed by atoms with E-state index in [1.54, 1.807) is 18.3 Å². The summed E-state index contributed by atoms with van der Waals surface area (Å²) in [4.78, 5) is 4.09. The van der Waals surface area contributed by atoms with Gasteiger partial charge >= 0.3 is 0 Å². The number of aromatic nitrogens is 1. The SMILES string of the molecule is CC(C)(C)CC(O)CNc1ccc(Cl)cn1. The number of anilines is 1. The van der Waals surface area contributed by atoms with Gasteiger partial charge in [0.15, 0.2) is 0 Å². The van der Waals surface area contributed by atoms with Crippen LogP contribution < -0.4 is 5.32 Å². The fourth-order valence-electron chi connectivity index (χ4n) is 1.48. The maximum Gasteiger partial charge on any atom is 0.126 e. The van der Waals surface area contributed by atoms with Crippen LogP contribution in [0.15, 0.2) is 18.3 Å². The topological polar surface area (TPSA) is 45.1 Å². The molecule has 0 aromatic carbocycles. The van der Waals surface area contributed by atoms with Crippen LogP contribution >= 0.6 is 11.6 Å². The molecule has 0 spiro atoms. The molecule has 0 amide bonds. The van der Waals surface area contributed by atoms with E-state index in [0.717, 1.165) is 12.2 Å². The maximum atomic E-state index is 9.78. The van der Waals surface area contributed by atoms with E-state index in [1.165, 1.54) is 0 Å². The summed E-state index contributed by atoms with van der Waals surface area (Å²) in [5, 5.41) is 13.5. The van der Waals surface area contributed by atoms with Crippen molar-refractivity contribution in [1.82, 2.24) is 4.98 Å². The predicted octanol–water partition coefficient (Wildman–Crippen LogP) is 2.94. The number of nitrogens with zero attached hydrogens (tertiary/aromatic N) is 1. The van der Waals surface area contributed by atoms with Crippen molar-refractivity contribution in [2.24, 2.45) is 5.41 Å². The summed E-state index contributed by atoms with van der Waals surface area (Å²) < 4.78 is 0. The smallest absolute Gasteiger partial charge is 0.126 e. The first-order valence-electron chi connectivity index (χ1n) is 5.40. The largest absolute Gasteiger partial charge is 0.391 e. The molecule has 1 atom stereocenters. The van der Waals surface area contributed by atoms with Gasteiger partial charge in [0.25, 0.3) is 0 Å². The Morgan fingerprint density at radius 3 is 2.62 bits per heavy atom. The lowest BCUT2D eigenvalue weighted by atomic mass is 9.89. The van der Waals surface area contributed by atoms with Gasteiger partial charge in [-0.25, -0.2) is 4.98 Å². The van der Waals surface area contributed by atoms with Crippen molar-refractivity contribution in [1.29, 1.82) is 0 Å². The second-order valence-corrected chi connectivity index (χ2v) is 5.60. The molecular weight excluding hydrogens is 224 g/mol. The zero-order valence-corrected chi connectivity index (χ0v) is 10.8. The number of rotatable bonds is 4. The summed E-state index contributed by atoms with van der Waals surface area (Å²) >= 11 is 5.72. The third-order valence-corrected chi connectivity index (χ3v) is 2.32. The average molecular weight is 243 g/mol. The molecule has 0 radical (unpaired) electrons. The Labute approximate surface area is 102 Å². The Balaban J connectivity index is 2.37. The van der Waals surface area contributed by atoms with Gasteiger partial charge in [0, 0.05) is 12.7 Å². The quantitative estimate of drug-likeness (QED) is 0.853. The van der Waals surface area contributed by atoms with Gasteiger partial charge in [0.1, 0.15) is 5.82 Å². The monoisotopic (exact) mass is 242 g/mol. The molecule has 1 unspecified atom stereocenters. The third kappa shape index (κ3) is 5.33. The minimum Gasteiger partial charge on any atom is -0.391 e. The lowest BCUT2D eigenvalue weighted by molar-refractivity contribution is 0.132. The maximum absolute atomic E-state index is 9.78. The van der Waals surface area contributed by atoms with E-state index >= 15 is 0 Å². The number of hydrogen-bond donors (Lipinski definition) is 2. The van der Waals surface area contributed by atoms with Gasteiger partial charge in [0.05, 0.1) is 11.1 Å². The van der Waals surface area contributed by atoms with Gasteiger partial charge in [0.2, 0.25) is 0 Å². The van der Waals surface area contributed by atoms with Gasteiger partial charge in [-0.2, -0.15) is 0 Å². The number of aliphatic hydroxyl groups is 1. The first kappa shape index (κ1) is 13.3. The Hall–Kier alpha value is -0.800. The molecule has 4 heteroatoms. The van der Waals surface area contributed by atoms with Crippen molar-refractivity contribution < 1.29 is 5.11 Å². The highest BCUT2D eigenvalue weighted by Crippen LogP contribution is 2.20. The summed E-state index contributed by atoms with van der Waals surface area (Å²) in [6.45, 7) is 6.83. The van der Waals surface area contributed by atoms with Crippen LogP contribution in [0.3, 0.4) is 0 Å². The Morgan fingerprint density at radius 2 is 2.12 bits per heavy atom. The van der Waals surface area contributed by atoms with Crippen LogP contribution in [0.25, 0.3) is 0 Å². The van der Waals surface area contributed by atoms with Crippen LogP contribution in [0.2, 0.25) is 5.02 Å². The highest BCUT2D eigenvalue weighted by molar-refractivity contribution is 6.30. The molecule has 1 aromatic heterocycles. The van der Waals surface area contributed by atoms with Crippen LogP contribution in [-0.2, 0) is 0 Å². The van der Waals surface area contributed by atoms with Crippen molar-refractivity contribution in [2.45, 2.75) is 33.3 Å². The normalized spacial score (nSPS) is 13.6. The fraction of sp³-hybridized carbons (Fsp3) is 0.583. The fourth-order valence-corrected chi connectivity index (χ4v) is 1.59. The molecule has 0 aliphatic rings. The highest BCUT2D eigenvalue weighted by Gasteiger charge is 2.16. The highest BCUT2D eigenvalue weighted by atomic mass is 35.5. The average Bonchev–Trinajstić information content (AvgIpc) is 2.14. The van der Waals surface area contributed by atoms with Gasteiger partial charge in [-0.3, -0.25) is 0 Å². The number of halogens is 1. The summed E-state index contributed by atoms with van der Waals surface area (Å²) in [6.07, 6.45) is 1.98. The second-order valence-electron chi connectivity index (χ2n) is 5.16. The van der Waals surface area contributed by atoms with E-state index < -0.39 is 0 Å². The molecular formula is C12H19ClN2O. The standard InChI is InChI=1S/C12H19ClN2O/c1-12(2,3)6-10(16)8-15-11-5-4-9(13)7-14-11/h4-5,7,10,16H,6,8H2,1-3H3,(H,14,15). The molecule has 2 N–H and O–H groups in total. The van der Waals surface area contributed by atoms with Crippen molar-refractivity contribution in [3.05, 3.63) is 23.4 Å². The molecule has 0 aliphatic heterocycles. The summed E-state index contributed by atoms with van der Waals surface area (Å²) in [6, 6.07) is 3.57. The zero-order valence-electron chi connectivity index (χ0n) is 10.00. The summed E-state index contributed by atoms with van der Waals surface area (Å²) in [5.74, 6) is 0.734. The Bertz CT molecular complexity index is 319. The first-order chi connectivity index (χ1) is 7.37. The lowest BCUT2D eigenvalue weighted by Crippen LogP contribution is -2.25.